The molecule has 0 saturated carbocycles. The van der Waals surface area contributed by atoms with E-state index in [0.717, 1.165) is 38.0 Å². The summed E-state index contributed by atoms with van der Waals surface area (Å²) in [4.78, 5) is 0. The second-order valence-corrected chi connectivity index (χ2v) is 4.53. The van der Waals surface area contributed by atoms with Crippen molar-refractivity contribution in [3.8, 4) is 0 Å². The highest BCUT2D eigenvalue weighted by molar-refractivity contribution is 5.15. The SMILES string of the molecule is CNCC(CCO)CCNCc1ccc(F)cc1. The minimum Gasteiger partial charge on any atom is -0.396 e. The van der Waals surface area contributed by atoms with Gasteiger partial charge < -0.3 is 15.7 Å². The van der Waals surface area contributed by atoms with Gasteiger partial charge in [0.1, 0.15) is 5.82 Å². The first-order valence-electron chi connectivity index (χ1n) is 6.47. The van der Waals surface area contributed by atoms with Gasteiger partial charge in [0.2, 0.25) is 0 Å². The fourth-order valence-corrected chi connectivity index (χ4v) is 1.96. The topological polar surface area (TPSA) is 44.3 Å². The van der Waals surface area contributed by atoms with E-state index in [1.165, 1.54) is 12.1 Å². The molecule has 0 aliphatic heterocycles. The zero-order valence-electron chi connectivity index (χ0n) is 11.0. The Morgan fingerprint density at radius 1 is 1.22 bits per heavy atom. The van der Waals surface area contributed by atoms with Crippen LogP contribution in [0.4, 0.5) is 4.39 Å². The first-order valence-corrected chi connectivity index (χ1v) is 6.47. The van der Waals surface area contributed by atoms with Gasteiger partial charge in [0, 0.05) is 13.2 Å². The molecule has 0 bridgehead atoms. The molecule has 1 aromatic rings. The van der Waals surface area contributed by atoms with Crippen molar-refractivity contribution in [3.63, 3.8) is 0 Å². The molecule has 18 heavy (non-hydrogen) atoms. The zero-order chi connectivity index (χ0) is 13.2. The van der Waals surface area contributed by atoms with Crippen molar-refractivity contribution in [2.24, 2.45) is 5.92 Å². The Kier molecular flexibility index (Phi) is 7.57. The highest BCUT2D eigenvalue weighted by Gasteiger charge is 2.06. The molecule has 4 heteroatoms. The summed E-state index contributed by atoms with van der Waals surface area (Å²) in [6, 6.07) is 6.54. The molecule has 3 N–H and O–H groups in total. The van der Waals surface area contributed by atoms with E-state index in [2.05, 4.69) is 10.6 Å². The van der Waals surface area contributed by atoms with Crippen molar-refractivity contribution in [1.82, 2.24) is 10.6 Å². The summed E-state index contributed by atoms with van der Waals surface area (Å²) < 4.78 is 12.7. The number of nitrogens with one attached hydrogen (secondary N) is 2. The van der Waals surface area contributed by atoms with Gasteiger partial charge in [-0.2, -0.15) is 0 Å². The van der Waals surface area contributed by atoms with E-state index < -0.39 is 0 Å². The van der Waals surface area contributed by atoms with Crippen LogP contribution in [0.3, 0.4) is 0 Å². The second-order valence-electron chi connectivity index (χ2n) is 4.53. The Labute approximate surface area is 108 Å². The van der Waals surface area contributed by atoms with Crippen LogP contribution in [0.5, 0.6) is 0 Å². The average molecular weight is 254 g/mol. The molecule has 0 amide bonds. The molecule has 102 valence electrons. The van der Waals surface area contributed by atoms with Crippen LogP contribution in [0.15, 0.2) is 24.3 Å². The lowest BCUT2D eigenvalue weighted by molar-refractivity contribution is 0.249. The van der Waals surface area contributed by atoms with Gasteiger partial charge in [-0.25, -0.2) is 4.39 Å². The van der Waals surface area contributed by atoms with E-state index in [1.807, 2.05) is 7.05 Å². The first kappa shape index (κ1) is 15.1. The van der Waals surface area contributed by atoms with Crippen molar-refractivity contribution < 1.29 is 9.50 Å². The van der Waals surface area contributed by atoms with Crippen LogP contribution in [0.2, 0.25) is 0 Å². The molecule has 1 atom stereocenters. The molecule has 0 radical (unpaired) electrons. The fraction of sp³-hybridized carbons (Fsp3) is 0.571. The summed E-state index contributed by atoms with van der Waals surface area (Å²) in [6.07, 6.45) is 1.86. The van der Waals surface area contributed by atoms with Crippen molar-refractivity contribution >= 4 is 0 Å². The van der Waals surface area contributed by atoms with E-state index in [1.54, 1.807) is 12.1 Å². The molecule has 1 rings (SSSR count). The quantitative estimate of drug-likeness (QED) is 0.586. The predicted octanol–water partition coefficient (Wildman–Crippen LogP) is 1.52. The Balaban J connectivity index is 2.18. The summed E-state index contributed by atoms with van der Waals surface area (Å²) >= 11 is 0. The minimum absolute atomic E-state index is 0.198. The Morgan fingerprint density at radius 2 is 1.94 bits per heavy atom. The lowest BCUT2D eigenvalue weighted by Gasteiger charge is -2.15. The normalized spacial score (nSPS) is 12.6. The number of hydrogen-bond donors (Lipinski definition) is 3. The number of benzene rings is 1. The van der Waals surface area contributed by atoms with Gasteiger partial charge in [0.15, 0.2) is 0 Å². The van der Waals surface area contributed by atoms with Gasteiger partial charge in [-0.3, -0.25) is 0 Å². The highest BCUT2D eigenvalue weighted by Crippen LogP contribution is 2.06. The molecule has 0 fully saturated rings. The number of aliphatic hydroxyl groups excluding tert-OH is 1. The largest absolute Gasteiger partial charge is 0.396 e. The van der Waals surface area contributed by atoms with Crippen LogP contribution >= 0.6 is 0 Å². The van der Waals surface area contributed by atoms with E-state index in [-0.39, 0.29) is 12.4 Å². The van der Waals surface area contributed by atoms with Crippen LogP contribution < -0.4 is 10.6 Å². The third kappa shape index (κ3) is 6.10. The smallest absolute Gasteiger partial charge is 0.123 e. The van der Waals surface area contributed by atoms with E-state index in [9.17, 15) is 4.39 Å². The molecule has 0 heterocycles. The maximum absolute atomic E-state index is 12.7. The minimum atomic E-state index is -0.198. The third-order valence-electron chi connectivity index (χ3n) is 3.00. The Morgan fingerprint density at radius 3 is 2.56 bits per heavy atom. The van der Waals surface area contributed by atoms with Crippen LogP contribution in [0.1, 0.15) is 18.4 Å². The summed E-state index contributed by atoms with van der Waals surface area (Å²) in [5.41, 5.74) is 1.09. The number of aliphatic hydroxyl groups is 1. The van der Waals surface area contributed by atoms with E-state index >= 15 is 0 Å². The van der Waals surface area contributed by atoms with Gasteiger partial charge in [-0.05, 0) is 56.6 Å². The van der Waals surface area contributed by atoms with Gasteiger partial charge >= 0.3 is 0 Å². The van der Waals surface area contributed by atoms with Crippen LogP contribution in [-0.2, 0) is 6.54 Å². The summed E-state index contributed by atoms with van der Waals surface area (Å²) in [7, 11) is 1.93. The number of rotatable bonds is 9. The van der Waals surface area contributed by atoms with Crippen molar-refractivity contribution in [3.05, 3.63) is 35.6 Å². The van der Waals surface area contributed by atoms with Crippen LogP contribution in [0.25, 0.3) is 0 Å². The molecule has 0 saturated heterocycles. The Bertz CT molecular complexity index is 310. The monoisotopic (exact) mass is 254 g/mol. The summed E-state index contributed by atoms with van der Waals surface area (Å²) in [6.45, 7) is 2.83. The standard InChI is InChI=1S/C14H23FN2O/c1-16-10-13(7-9-18)6-8-17-11-12-2-4-14(15)5-3-12/h2-5,13,16-18H,6-11H2,1H3. The molecule has 0 aliphatic rings. The maximum atomic E-state index is 12.7. The summed E-state index contributed by atoms with van der Waals surface area (Å²) in [5.74, 6) is 0.302. The second kappa shape index (κ2) is 9.03. The zero-order valence-corrected chi connectivity index (χ0v) is 11.0. The van der Waals surface area contributed by atoms with Crippen molar-refractivity contribution in [2.45, 2.75) is 19.4 Å². The van der Waals surface area contributed by atoms with Crippen LogP contribution in [-0.4, -0.2) is 31.9 Å². The molecule has 0 spiro atoms. The molecular formula is C14H23FN2O. The van der Waals surface area contributed by atoms with Gasteiger partial charge in [0.25, 0.3) is 0 Å². The molecular weight excluding hydrogens is 231 g/mol. The fourth-order valence-electron chi connectivity index (χ4n) is 1.96. The maximum Gasteiger partial charge on any atom is 0.123 e. The van der Waals surface area contributed by atoms with Gasteiger partial charge in [-0.1, -0.05) is 12.1 Å². The molecule has 0 aromatic heterocycles. The summed E-state index contributed by atoms with van der Waals surface area (Å²) in [5, 5.41) is 15.4. The third-order valence-corrected chi connectivity index (χ3v) is 3.00. The van der Waals surface area contributed by atoms with E-state index in [4.69, 9.17) is 5.11 Å². The molecule has 3 nitrogen and oxygen atoms in total. The lowest BCUT2D eigenvalue weighted by atomic mass is 10.0. The van der Waals surface area contributed by atoms with E-state index in [0.29, 0.717) is 5.92 Å². The number of hydrogen-bond acceptors (Lipinski definition) is 3. The van der Waals surface area contributed by atoms with Crippen molar-refractivity contribution in [1.29, 1.82) is 0 Å². The molecule has 1 aromatic carbocycles. The predicted molar refractivity (Wildman–Crippen MR) is 71.8 cm³/mol. The van der Waals surface area contributed by atoms with Gasteiger partial charge in [-0.15, -0.1) is 0 Å². The highest BCUT2D eigenvalue weighted by atomic mass is 19.1. The van der Waals surface area contributed by atoms with Crippen LogP contribution in [0, 0.1) is 11.7 Å². The lowest BCUT2D eigenvalue weighted by Crippen LogP contribution is -2.24. The van der Waals surface area contributed by atoms with Gasteiger partial charge in [0.05, 0.1) is 0 Å². The Hall–Kier alpha value is -0.970. The molecule has 1 unspecified atom stereocenters. The first-order chi connectivity index (χ1) is 8.76. The van der Waals surface area contributed by atoms with Crippen molar-refractivity contribution in [2.75, 3.05) is 26.7 Å². The average Bonchev–Trinajstić information content (AvgIpc) is 2.37. The molecule has 0 aliphatic carbocycles. The number of halogens is 1.